The molecule has 3 aromatic heterocycles. The first-order chi connectivity index (χ1) is 19.3. The zero-order valence-corrected chi connectivity index (χ0v) is 22.2. The molecular formula is C27H26ClF3N6O3. The number of ether oxygens (including phenoxy) is 1. The highest BCUT2D eigenvalue weighted by molar-refractivity contribution is 6.33. The highest BCUT2D eigenvalue weighted by Gasteiger charge is 2.34. The average molecular weight is 575 g/mol. The van der Waals surface area contributed by atoms with Crippen molar-refractivity contribution in [3.05, 3.63) is 82.6 Å². The number of amides is 1. The average Bonchev–Trinajstić information content (AvgIpc) is 3.54. The number of hydrogen-bond donors (Lipinski definition) is 2. The number of pyridine rings is 1. The highest BCUT2D eigenvalue weighted by atomic mass is 35.5. The Bertz CT molecular complexity index is 1530. The van der Waals surface area contributed by atoms with Gasteiger partial charge in [-0.3, -0.25) is 4.79 Å². The number of carbonyl (C=O) groups is 1. The summed E-state index contributed by atoms with van der Waals surface area (Å²) in [5.41, 5.74) is 2.68. The van der Waals surface area contributed by atoms with Crippen molar-refractivity contribution >= 4 is 29.1 Å². The van der Waals surface area contributed by atoms with E-state index in [1.807, 2.05) is 4.57 Å². The Balaban J connectivity index is 1.45. The smallest absolute Gasteiger partial charge is 0.271 e. The lowest BCUT2D eigenvalue weighted by Crippen LogP contribution is -2.49. The number of fused-ring (bicyclic) bond motifs is 1. The summed E-state index contributed by atoms with van der Waals surface area (Å²) in [5, 5.41) is 17.0. The molecule has 4 heterocycles. The standard InChI is InChI=1S/C27H26ClF3N6O3/c1-40-15-20-12-35-10-18(7-23(35)27(39)36(20)11-17-6-19(29)3-2-16(17)14-38)21-8-25(32-9-22(21)28)34-26-4-5-33-37(26)13-24(30)31/h2-10,20,24,38H,11-15H2,1H3,(H,32,34)/t20-/m1/s1. The lowest BCUT2D eigenvalue weighted by molar-refractivity contribution is 0.0386. The molecule has 4 aromatic rings. The summed E-state index contributed by atoms with van der Waals surface area (Å²) in [4.78, 5) is 19.6. The molecule has 2 N–H and O–H groups in total. The predicted molar refractivity (Wildman–Crippen MR) is 142 cm³/mol. The molecule has 1 atom stereocenters. The SMILES string of the molecule is COC[C@H]1Cn2cc(-c3cc(Nc4ccnn4CC(F)F)ncc3Cl)cc2C(=O)N1Cc1cc(F)ccc1CO. The van der Waals surface area contributed by atoms with E-state index in [-0.39, 0.29) is 31.7 Å². The first-order valence-electron chi connectivity index (χ1n) is 12.4. The molecule has 1 aromatic carbocycles. The van der Waals surface area contributed by atoms with Crippen LogP contribution in [0.4, 0.5) is 24.8 Å². The van der Waals surface area contributed by atoms with Crippen molar-refractivity contribution < 1.29 is 27.8 Å². The molecule has 0 saturated carbocycles. The number of methoxy groups -OCH3 is 1. The lowest BCUT2D eigenvalue weighted by Gasteiger charge is -2.36. The van der Waals surface area contributed by atoms with Gasteiger partial charge in [-0.25, -0.2) is 22.8 Å². The van der Waals surface area contributed by atoms with E-state index >= 15 is 0 Å². The van der Waals surface area contributed by atoms with Crippen LogP contribution in [0.5, 0.6) is 0 Å². The maximum Gasteiger partial charge on any atom is 0.271 e. The fourth-order valence-electron chi connectivity index (χ4n) is 4.82. The van der Waals surface area contributed by atoms with Crippen molar-refractivity contribution in [2.24, 2.45) is 0 Å². The molecular weight excluding hydrogens is 549 g/mol. The number of alkyl halides is 2. The van der Waals surface area contributed by atoms with E-state index in [0.29, 0.717) is 51.2 Å². The number of hydrogen-bond acceptors (Lipinski definition) is 6. The van der Waals surface area contributed by atoms with Crippen molar-refractivity contribution in [2.75, 3.05) is 19.0 Å². The molecule has 0 radical (unpaired) electrons. The van der Waals surface area contributed by atoms with Gasteiger partial charge in [-0.15, -0.1) is 0 Å². The summed E-state index contributed by atoms with van der Waals surface area (Å²) in [6.07, 6.45) is 2.08. The minimum absolute atomic E-state index is 0.0947. The van der Waals surface area contributed by atoms with Crippen LogP contribution in [0.3, 0.4) is 0 Å². The van der Waals surface area contributed by atoms with Gasteiger partial charge in [-0.1, -0.05) is 17.7 Å². The van der Waals surface area contributed by atoms with Gasteiger partial charge < -0.3 is 24.6 Å². The topological polar surface area (TPSA) is 97.4 Å². The van der Waals surface area contributed by atoms with E-state index < -0.39 is 18.8 Å². The first-order valence-corrected chi connectivity index (χ1v) is 12.8. The Hall–Kier alpha value is -3.87. The number of anilines is 2. The Kier molecular flexibility index (Phi) is 8.10. The van der Waals surface area contributed by atoms with Crippen LogP contribution in [0.1, 0.15) is 21.6 Å². The third-order valence-corrected chi connectivity index (χ3v) is 7.01. The van der Waals surface area contributed by atoms with Crippen molar-refractivity contribution in [1.29, 1.82) is 0 Å². The van der Waals surface area contributed by atoms with Crippen LogP contribution in [-0.4, -0.2) is 61.4 Å². The zero-order valence-electron chi connectivity index (χ0n) is 21.4. The van der Waals surface area contributed by atoms with Gasteiger partial charge in [0.2, 0.25) is 0 Å². The molecule has 1 amide bonds. The second kappa shape index (κ2) is 11.7. The van der Waals surface area contributed by atoms with Crippen LogP contribution in [0.15, 0.2) is 55.0 Å². The van der Waals surface area contributed by atoms with Gasteiger partial charge in [0, 0.05) is 49.8 Å². The molecule has 0 fully saturated rings. The maximum absolute atomic E-state index is 14.0. The van der Waals surface area contributed by atoms with Crippen molar-refractivity contribution in [1.82, 2.24) is 24.2 Å². The number of aliphatic hydroxyl groups is 1. The Morgan fingerprint density at radius 2 is 2.05 bits per heavy atom. The molecule has 13 heteroatoms. The molecule has 5 rings (SSSR count). The van der Waals surface area contributed by atoms with Gasteiger partial charge in [-0.2, -0.15) is 5.10 Å². The fraction of sp³-hybridized carbons (Fsp3) is 0.296. The fourth-order valence-corrected chi connectivity index (χ4v) is 5.03. The first kappa shape index (κ1) is 27.7. The maximum atomic E-state index is 14.0. The van der Waals surface area contributed by atoms with Crippen LogP contribution >= 0.6 is 11.6 Å². The molecule has 9 nitrogen and oxygen atoms in total. The Morgan fingerprint density at radius 1 is 1.23 bits per heavy atom. The van der Waals surface area contributed by atoms with Crippen LogP contribution in [0.25, 0.3) is 11.1 Å². The number of nitrogens with zero attached hydrogens (tertiary/aromatic N) is 5. The normalized spacial score (nSPS) is 15.1. The lowest BCUT2D eigenvalue weighted by atomic mass is 10.0. The highest BCUT2D eigenvalue weighted by Crippen LogP contribution is 2.34. The molecule has 0 unspecified atom stereocenters. The van der Waals surface area contributed by atoms with Gasteiger partial charge in [0.25, 0.3) is 12.3 Å². The molecule has 0 aliphatic carbocycles. The van der Waals surface area contributed by atoms with Crippen molar-refractivity contribution in [2.45, 2.75) is 38.7 Å². The van der Waals surface area contributed by atoms with E-state index in [1.54, 1.807) is 36.4 Å². The van der Waals surface area contributed by atoms with E-state index in [4.69, 9.17) is 16.3 Å². The summed E-state index contributed by atoms with van der Waals surface area (Å²) >= 11 is 6.48. The number of benzene rings is 1. The molecule has 0 saturated heterocycles. The third-order valence-electron chi connectivity index (χ3n) is 6.71. The molecule has 0 bridgehead atoms. The second-order valence-electron chi connectivity index (χ2n) is 9.34. The minimum Gasteiger partial charge on any atom is -0.392 e. The number of rotatable bonds is 10. The van der Waals surface area contributed by atoms with Gasteiger partial charge in [0.1, 0.15) is 29.7 Å². The molecule has 1 aliphatic rings. The van der Waals surface area contributed by atoms with Gasteiger partial charge in [0.05, 0.1) is 30.5 Å². The third kappa shape index (κ3) is 5.69. The number of carbonyl (C=O) groups excluding carboxylic acids is 1. The summed E-state index contributed by atoms with van der Waals surface area (Å²) in [6, 6.07) is 8.68. The minimum atomic E-state index is -2.57. The Morgan fingerprint density at radius 3 is 2.80 bits per heavy atom. The van der Waals surface area contributed by atoms with Crippen LogP contribution in [0, 0.1) is 5.82 Å². The molecule has 0 spiro atoms. The predicted octanol–water partition coefficient (Wildman–Crippen LogP) is 4.71. The van der Waals surface area contributed by atoms with Crippen molar-refractivity contribution in [3.63, 3.8) is 0 Å². The van der Waals surface area contributed by atoms with E-state index in [0.717, 1.165) is 4.68 Å². The van der Waals surface area contributed by atoms with Crippen LogP contribution < -0.4 is 5.32 Å². The quantitative estimate of drug-likeness (QED) is 0.285. The van der Waals surface area contributed by atoms with E-state index in [2.05, 4.69) is 15.4 Å². The second-order valence-corrected chi connectivity index (χ2v) is 9.75. The van der Waals surface area contributed by atoms with Gasteiger partial charge in [0.15, 0.2) is 0 Å². The Labute approximate surface area is 232 Å². The number of halogens is 4. The number of aromatic nitrogens is 4. The van der Waals surface area contributed by atoms with Crippen LogP contribution in [-0.2, 0) is 31.0 Å². The summed E-state index contributed by atoms with van der Waals surface area (Å²) < 4.78 is 48.1. The number of aliphatic hydroxyl groups excluding tert-OH is 1. The van der Waals surface area contributed by atoms with Crippen LogP contribution in [0.2, 0.25) is 5.02 Å². The monoisotopic (exact) mass is 574 g/mol. The summed E-state index contributed by atoms with van der Waals surface area (Å²) in [6.45, 7) is -0.0961. The number of nitrogens with one attached hydrogen (secondary N) is 1. The van der Waals surface area contributed by atoms with Gasteiger partial charge in [-0.05, 0) is 35.4 Å². The zero-order chi connectivity index (χ0) is 28.4. The largest absolute Gasteiger partial charge is 0.392 e. The summed E-state index contributed by atoms with van der Waals surface area (Å²) in [7, 11) is 1.54. The molecule has 40 heavy (non-hydrogen) atoms. The van der Waals surface area contributed by atoms with E-state index in [1.165, 1.54) is 30.6 Å². The van der Waals surface area contributed by atoms with Gasteiger partial charge >= 0.3 is 0 Å². The van der Waals surface area contributed by atoms with Crippen molar-refractivity contribution in [3.8, 4) is 11.1 Å². The molecule has 210 valence electrons. The summed E-state index contributed by atoms with van der Waals surface area (Å²) in [5.74, 6) is -0.0516. The van der Waals surface area contributed by atoms with E-state index in [9.17, 15) is 23.1 Å². The molecule has 1 aliphatic heterocycles.